The van der Waals surface area contributed by atoms with Crippen molar-refractivity contribution in [2.24, 2.45) is 17.3 Å². The Morgan fingerprint density at radius 1 is 1.33 bits per heavy atom. The molecule has 1 aromatic rings. The van der Waals surface area contributed by atoms with E-state index in [-0.39, 0.29) is 0 Å². The van der Waals surface area contributed by atoms with E-state index in [4.69, 9.17) is 4.74 Å². The second-order valence-electron chi connectivity index (χ2n) is 7.87. The van der Waals surface area contributed by atoms with Crippen molar-refractivity contribution in [1.29, 1.82) is 0 Å². The minimum Gasteiger partial charge on any atom is -0.493 e. The van der Waals surface area contributed by atoms with Crippen LogP contribution in [0.5, 0.6) is 5.75 Å². The van der Waals surface area contributed by atoms with Crippen molar-refractivity contribution in [2.75, 3.05) is 11.9 Å². The molecule has 0 radical (unpaired) electrons. The molecule has 118 valence electrons. The van der Waals surface area contributed by atoms with Gasteiger partial charge in [0.05, 0.1) is 6.61 Å². The zero-order valence-corrected chi connectivity index (χ0v) is 14.3. The van der Waals surface area contributed by atoms with Crippen LogP contribution < -0.4 is 10.1 Å². The summed E-state index contributed by atoms with van der Waals surface area (Å²) in [5, 5.41) is 3.72. The van der Waals surface area contributed by atoms with Gasteiger partial charge < -0.3 is 10.1 Å². The molecule has 1 fully saturated rings. The van der Waals surface area contributed by atoms with E-state index in [0.717, 1.165) is 12.4 Å². The number of hydrogen-bond acceptors (Lipinski definition) is 2. The highest BCUT2D eigenvalue weighted by molar-refractivity contribution is 5.49. The summed E-state index contributed by atoms with van der Waals surface area (Å²) in [7, 11) is 0. The highest BCUT2D eigenvalue weighted by atomic mass is 16.5. The van der Waals surface area contributed by atoms with Gasteiger partial charge in [0.1, 0.15) is 5.75 Å². The van der Waals surface area contributed by atoms with Gasteiger partial charge in [0.2, 0.25) is 0 Å². The molecule has 0 bridgehead atoms. The van der Waals surface area contributed by atoms with Crippen LogP contribution in [0, 0.1) is 17.3 Å². The Hall–Kier alpha value is -1.18. The summed E-state index contributed by atoms with van der Waals surface area (Å²) in [4.78, 5) is 0. The van der Waals surface area contributed by atoms with Crippen LogP contribution in [0.25, 0.3) is 0 Å². The number of rotatable bonds is 5. The first-order valence-electron chi connectivity index (χ1n) is 8.35. The van der Waals surface area contributed by atoms with Gasteiger partial charge in [0.25, 0.3) is 0 Å². The van der Waals surface area contributed by atoms with Crippen molar-refractivity contribution >= 4 is 5.69 Å². The lowest BCUT2D eigenvalue weighted by Gasteiger charge is -2.40. The summed E-state index contributed by atoms with van der Waals surface area (Å²) in [6.45, 7) is 12.3. The van der Waals surface area contributed by atoms with Crippen LogP contribution in [0.2, 0.25) is 0 Å². The molecule has 1 N–H and O–H groups in total. The molecule has 1 aliphatic carbocycles. The lowest BCUT2D eigenvalue weighted by atomic mass is 9.70. The normalized spacial score (nSPS) is 24.9. The quantitative estimate of drug-likeness (QED) is 0.789. The summed E-state index contributed by atoms with van der Waals surface area (Å²) < 4.78 is 5.82. The molecule has 0 spiro atoms. The molecule has 21 heavy (non-hydrogen) atoms. The topological polar surface area (TPSA) is 21.3 Å². The molecule has 1 aliphatic rings. The highest BCUT2D eigenvalue weighted by Gasteiger charge is 2.32. The summed E-state index contributed by atoms with van der Waals surface area (Å²) in [6, 6.07) is 8.98. The average molecular weight is 289 g/mol. The van der Waals surface area contributed by atoms with Crippen molar-refractivity contribution in [3.63, 3.8) is 0 Å². The maximum absolute atomic E-state index is 5.82. The lowest BCUT2D eigenvalue weighted by Crippen LogP contribution is -2.36. The largest absolute Gasteiger partial charge is 0.493 e. The number of ether oxygens (including phenoxy) is 1. The van der Waals surface area contributed by atoms with Crippen LogP contribution in [0.1, 0.15) is 53.9 Å². The third kappa shape index (κ3) is 4.94. The minimum atomic E-state index is 0.500. The van der Waals surface area contributed by atoms with E-state index >= 15 is 0 Å². The third-order valence-corrected chi connectivity index (χ3v) is 4.46. The van der Waals surface area contributed by atoms with E-state index in [1.807, 2.05) is 6.07 Å². The standard InChI is InChI=1S/C19H31NO/c1-14(2)13-21-17-8-6-7-16(11-17)20-18-9-10-19(4,5)12-15(18)3/h6-8,11,14-15,18,20H,9-10,12-13H2,1-5H3. The van der Waals surface area contributed by atoms with Crippen LogP contribution in [0.4, 0.5) is 5.69 Å². The molecule has 2 nitrogen and oxygen atoms in total. The fourth-order valence-corrected chi connectivity index (χ4v) is 3.31. The molecular formula is C19H31NO. The van der Waals surface area contributed by atoms with Gasteiger partial charge in [-0.2, -0.15) is 0 Å². The molecule has 0 heterocycles. The van der Waals surface area contributed by atoms with E-state index in [9.17, 15) is 0 Å². The first-order chi connectivity index (χ1) is 9.85. The fraction of sp³-hybridized carbons (Fsp3) is 0.684. The zero-order valence-electron chi connectivity index (χ0n) is 14.3. The first kappa shape index (κ1) is 16.2. The Morgan fingerprint density at radius 2 is 2.10 bits per heavy atom. The molecule has 0 aromatic heterocycles. The van der Waals surface area contributed by atoms with Gasteiger partial charge in [0, 0.05) is 17.8 Å². The van der Waals surface area contributed by atoms with E-state index in [1.165, 1.54) is 24.9 Å². The lowest BCUT2D eigenvalue weighted by molar-refractivity contribution is 0.177. The van der Waals surface area contributed by atoms with Gasteiger partial charge >= 0.3 is 0 Å². The van der Waals surface area contributed by atoms with Crippen LogP contribution in [-0.2, 0) is 0 Å². The van der Waals surface area contributed by atoms with Crippen molar-refractivity contribution in [1.82, 2.24) is 0 Å². The van der Waals surface area contributed by atoms with E-state index in [0.29, 0.717) is 23.3 Å². The Kier molecular flexibility index (Phi) is 5.18. The molecule has 2 rings (SSSR count). The SMILES string of the molecule is CC(C)COc1cccc(NC2CCC(C)(C)CC2C)c1. The summed E-state index contributed by atoms with van der Waals surface area (Å²) >= 11 is 0. The van der Waals surface area contributed by atoms with Gasteiger partial charge in [0.15, 0.2) is 0 Å². The smallest absolute Gasteiger partial charge is 0.121 e. The van der Waals surface area contributed by atoms with Crippen LogP contribution in [0.15, 0.2) is 24.3 Å². The molecule has 1 aromatic carbocycles. The molecule has 0 saturated heterocycles. The number of hydrogen-bond donors (Lipinski definition) is 1. The third-order valence-electron chi connectivity index (χ3n) is 4.46. The maximum atomic E-state index is 5.82. The van der Waals surface area contributed by atoms with Crippen molar-refractivity contribution in [3.05, 3.63) is 24.3 Å². The monoisotopic (exact) mass is 289 g/mol. The van der Waals surface area contributed by atoms with Gasteiger partial charge in [-0.25, -0.2) is 0 Å². The molecule has 0 aliphatic heterocycles. The van der Waals surface area contributed by atoms with Gasteiger partial charge in [-0.1, -0.05) is 40.7 Å². The van der Waals surface area contributed by atoms with Gasteiger partial charge in [-0.05, 0) is 48.6 Å². The van der Waals surface area contributed by atoms with E-state index in [2.05, 4.69) is 58.1 Å². The van der Waals surface area contributed by atoms with Crippen LogP contribution in [-0.4, -0.2) is 12.6 Å². The van der Waals surface area contributed by atoms with Crippen molar-refractivity contribution in [2.45, 2.75) is 59.9 Å². The zero-order chi connectivity index (χ0) is 15.5. The Labute approximate surface area is 130 Å². The highest BCUT2D eigenvalue weighted by Crippen LogP contribution is 2.39. The molecule has 1 saturated carbocycles. The van der Waals surface area contributed by atoms with Crippen molar-refractivity contribution < 1.29 is 4.74 Å². The fourth-order valence-electron chi connectivity index (χ4n) is 3.31. The number of anilines is 1. The summed E-state index contributed by atoms with van der Waals surface area (Å²) in [5.41, 5.74) is 1.69. The maximum Gasteiger partial charge on any atom is 0.121 e. The first-order valence-corrected chi connectivity index (χ1v) is 8.35. The summed E-state index contributed by atoms with van der Waals surface area (Å²) in [6.07, 6.45) is 3.86. The molecular weight excluding hydrogens is 258 g/mol. The molecule has 2 atom stereocenters. The molecule has 2 heteroatoms. The molecule has 2 unspecified atom stereocenters. The Bertz CT molecular complexity index is 453. The van der Waals surface area contributed by atoms with Gasteiger partial charge in [-0.3, -0.25) is 0 Å². The second-order valence-corrected chi connectivity index (χ2v) is 7.87. The van der Waals surface area contributed by atoms with Crippen molar-refractivity contribution in [3.8, 4) is 5.75 Å². The van der Waals surface area contributed by atoms with Crippen LogP contribution >= 0.6 is 0 Å². The minimum absolute atomic E-state index is 0.500. The van der Waals surface area contributed by atoms with E-state index < -0.39 is 0 Å². The Balaban J connectivity index is 1.95. The second kappa shape index (κ2) is 6.72. The summed E-state index contributed by atoms with van der Waals surface area (Å²) in [5.74, 6) is 2.24. The van der Waals surface area contributed by atoms with Gasteiger partial charge in [-0.15, -0.1) is 0 Å². The average Bonchev–Trinajstić information content (AvgIpc) is 2.40. The number of benzene rings is 1. The molecule has 0 amide bonds. The number of nitrogens with one attached hydrogen (secondary N) is 1. The Morgan fingerprint density at radius 3 is 2.76 bits per heavy atom. The predicted octanol–water partition coefficient (Wildman–Crippen LogP) is 5.35. The predicted molar refractivity (Wildman–Crippen MR) is 91.0 cm³/mol. The van der Waals surface area contributed by atoms with E-state index in [1.54, 1.807) is 0 Å². The van der Waals surface area contributed by atoms with Crippen LogP contribution in [0.3, 0.4) is 0 Å².